The highest BCUT2D eigenvalue weighted by Gasteiger charge is 2.13. The van der Waals surface area contributed by atoms with Gasteiger partial charge in [-0.1, -0.05) is 28.9 Å². The van der Waals surface area contributed by atoms with Gasteiger partial charge in [-0.15, -0.1) is 0 Å². The van der Waals surface area contributed by atoms with Gasteiger partial charge in [0.15, 0.2) is 0 Å². The molecule has 1 unspecified atom stereocenters. The number of anilines is 1. The summed E-state index contributed by atoms with van der Waals surface area (Å²) in [7, 11) is 3.41. The summed E-state index contributed by atoms with van der Waals surface area (Å²) in [6.07, 6.45) is 1.08. The molecule has 1 N–H and O–H groups in total. The molecule has 2 aromatic heterocycles. The van der Waals surface area contributed by atoms with Gasteiger partial charge in [-0.2, -0.15) is 4.98 Å². The molecule has 2 heterocycles. The Morgan fingerprint density at radius 1 is 1.27 bits per heavy atom. The van der Waals surface area contributed by atoms with Crippen molar-refractivity contribution in [2.75, 3.05) is 32.2 Å². The highest BCUT2D eigenvalue weighted by Crippen LogP contribution is 2.24. The van der Waals surface area contributed by atoms with E-state index in [1.54, 1.807) is 25.4 Å². The second kappa shape index (κ2) is 8.27. The van der Waals surface area contributed by atoms with Gasteiger partial charge in [0.25, 0.3) is 5.89 Å². The fraction of sp³-hybridized carbons (Fsp3) is 0.278. The Bertz CT molecular complexity index is 854. The van der Waals surface area contributed by atoms with E-state index in [0.717, 1.165) is 11.4 Å². The number of pyridine rings is 1. The highest BCUT2D eigenvalue weighted by atomic mass is 35.5. The Labute approximate surface area is 156 Å². The Morgan fingerprint density at radius 2 is 2.12 bits per heavy atom. The van der Waals surface area contributed by atoms with Gasteiger partial charge in [0.05, 0.1) is 18.3 Å². The number of likely N-dealkylation sites (N-methyl/N-ethyl adjacent to an activating group) is 1. The van der Waals surface area contributed by atoms with Gasteiger partial charge in [0, 0.05) is 37.5 Å². The monoisotopic (exact) mass is 374 g/mol. The Hall–Kier alpha value is -2.48. The molecule has 0 spiro atoms. The first kappa shape index (κ1) is 18.3. The fourth-order valence-electron chi connectivity index (χ4n) is 2.48. The van der Waals surface area contributed by atoms with Crippen molar-refractivity contribution in [2.45, 2.75) is 6.10 Å². The van der Waals surface area contributed by atoms with E-state index in [4.69, 9.17) is 20.9 Å². The first-order valence-corrected chi connectivity index (χ1v) is 8.39. The van der Waals surface area contributed by atoms with Gasteiger partial charge >= 0.3 is 0 Å². The summed E-state index contributed by atoms with van der Waals surface area (Å²) in [5.41, 5.74) is 1.49. The third-order valence-corrected chi connectivity index (χ3v) is 3.97. The lowest BCUT2D eigenvalue weighted by molar-refractivity contribution is 0.0694. The van der Waals surface area contributed by atoms with Gasteiger partial charge in [-0.25, -0.2) is 4.98 Å². The van der Waals surface area contributed by atoms with Crippen LogP contribution in [0.1, 0.15) is 0 Å². The molecule has 0 radical (unpaired) electrons. The summed E-state index contributed by atoms with van der Waals surface area (Å²) < 4.78 is 10.3. The number of nitrogens with zero attached hydrogens (tertiary/aromatic N) is 4. The summed E-state index contributed by atoms with van der Waals surface area (Å²) >= 11 is 5.99. The molecular weight excluding hydrogens is 356 g/mol. The maximum Gasteiger partial charge on any atom is 0.259 e. The van der Waals surface area contributed by atoms with Crippen LogP contribution in [-0.4, -0.2) is 53.6 Å². The number of hydrogen-bond donors (Lipinski definition) is 1. The number of aliphatic hydroxyl groups excluding tert-OH is 1. The number of ether oxygens (including phenoxy) is 1. The van der Waals surface area contributed by atoms with Crippen molar-refractivity contribution in [3.05, 3.63) is 47.6 Å². The van der Waals surface area contributed by atoms with Crippen molar-refractivity contribution in [3.8, 4) is 22.8 Å². The maximum atomic E-state index is 9.81. The Balaban J connectivity index is 1.73. The van der Waals surface area contributed by atoms with E-state index in [2.05, 4.69) is 15.1 Å². The van der Waals surface area contributed by atoms with E-state index in [9.17, 15) is 5.11 Å². The summed E-state index contributed by atoms with van der Waals surface area (Å²) in [5.74, 6) is 1.56. The van der Waals surface area contributed by atoms with Crippen LogP contribution in [0, 0.1) is 0 Å². The molecule has 0 aliphatic rings. The van der Waals surface area contributed by atoms with E-state index < -0.39 is 6.10 Å². The van der Waals surface area contributed by atoms with Crippen LogP contribution in [0.25, 0.3) is 22.8 Å². The lowest BCUT2D eigenvalue weighted by Gasteiger charge is -2.21. The first-order chi connectivity index (χ1) is 12.6. The summed E-state index contributed by atoms with van der Waals surface area (Å²) in [5, 5.41) is 14.4. The molecule has 0 amide bonds. The molecule has 3 rings (SSSR count). The summed E-state index contributed by atoms with van der Waals surface area (Å²) in [6, 6.07) is 10.9. The lowest BCUT2D eigenvalue weighted by Crippen LogP contribution is -2.32. The maximum absolute atomic E-state index is 9.81. The molecule has 0 aliphatic heterocycles. The van der Waals surface area contributed by atoms with Gasteiger partial charge in [-0.05, 0) is 24.3 Å². The van der Waals surface area contributed by atoms with Gasteiger partial charge in [0.2, 0.25) is 5.82 Å². The molecule has 0 aliphatic carbocycles. The Morgan fingerprint density at radius 3 is 2.81 bits per heavy atom. The van der Waals surface area contributed by atoms with Crippen molar-refractivity contribution in [3.63, 3.8) is 0 Å². The molecule has 0 bridgehead atoms. The van der Waals surface area contributed by atoms with Crippen molar-refractivity contribution < 1.29 is 14.4 Å². The standard InChI is InChI=1S/C18H19ClN4O3/c1-23(10-15(24)11-25-2)16-7-6-13(9-20-16)18-21-17(22-26-18)12-4-3-5-14(19)8-12/h3-9,15,24H,10-11H2,1-2H3. The largest absolute Gasteiger partial charge is 0.389 e. The third-order valence-electron chi connectivity index (χ3n) is 3.74. The summed E-state index contributed by atoms with van der Waals surface area (Å²) in [6.45, 7) is 0.691. The quantitative estimate of drug-likeness (QED) is 0.680. The zero-order valence-electron chi connectivity index (χ0n) is 14.5. The minimum Gasteiger partial charge on any atom is -0.389 e. The molecule has 0 saturated heterocycles. The molecule has 26 heavy (non-hydrogen) atoms. The number of hydrogen-bond acceptors (Lipinski definition) is 7. The SMILES string of the molecule is COCC(O)CN(C)c1ccc(-c2nc(-c3cccc(Cl)c3)no2)cn1. The number of methoxy groups -OCH3 is 1. The molecule has 8 heteroatoms. The van der Waals surface area contributed by atoms with Gasteiger partial charge in [0.1, 0.15) is 5.82 Å². The average Bonchev–Trinajstić information content (AvgIpc) is 3.12. The number of benzene rings is 1. The zero-order chi connectivity index (χ0) is 18.5. The number of aliphatic hydroxyl groups is 1. The number of halogens is 1. The van der Waals surface area contributed by atoms with Crippen LogP contribution in [0.15, 0.2) is 47.1 Å². The molecule has 3 aromatic rings. The molecule has 0 saturated carbocycles. The van der Waals surface area contributed by atoms with Crippen molar-refractivity contribution >= 4 is 17.4 Å². The molecule has 1 aromatic carbocycles. The fourth-order valence-corrected chi connectivity index (χ4v) is 2.67. The number of rotatable bonds is 7. The van der Waals surface area contributed by atoms with Crippen molar-refractivity contribution in [1.29, 1.82) is 0 Å². The van der Waals surface area contributed by atoms with Crippen LogP contribution < -0.4 is 4.90 Å². The van der Waals surface area contributed by atoms with Gasteiger partial charge < -0.3 is 19.3 Å². The first-order valence-electron chi connectivity index (χ1n) is 8.01. The second-order valence-corrected chi connectivity index (χ2v) is 6.26. The topological polar surface area (TPSA) is 84.5 Å². The van der Waals surface area contributed by atoms with E-state index >= 15 is 0 Å². The molecule has 1 atom stereocenters. The van der Waals surface area contributed by atoms with Crippen LogP contribution in [0.5, 0.6) is 0 Å². The number of aromatic nitrogens is 3. The summed E-state index contributed by atoms with van der Waals surface area (Å²) in [4.78, 5) is 10.6. The van der Waals surface area contributed by atoms with E-state index in [1.807, 2.05) is 36.2 Å². The molecule has 0 fully saturated rings. The van der Waals surface area contributed by atoms with Crippen LogP contribution in [-0.2, 0) is 4.74 Å². The predicted octanol–water partition coefficient (Wildman–Crippen LogP) is 2.90. The zero-order valence-corrected chi connectivity index (χ0v) is 15.2. The van der Waals surface area contributed by atoms with Gasteiger partial charge in [-0.3, -0.25) is 0 Å². The lowest BCUT2D eigenvalue weighted by atomic mass is 10.2. The minimum absolute atomic E-state index is 0.274. The smallest absolute Gasteiger partial charge is 0.259 e. The van der Waals surface area contributed by atoms with E-state index in [1.165, 1.54) is 0 Å². The van der Waals surface area contributed by atoms with Crippen LogP contribution in [0.3, 0.4) is 0 Å². The van der Waals surface area contributed by atoms with Crippen LogP contribution in [0.2, 0.25) is 5.02 Å². The Kier molecular flexibility index (Phi) is 5.82. The van der Waals surface area contributed by atoms with E-state index in [0.29, 0.717) is 28.8 Å². The van der Waals surface area contributed by atoms with Crippen LogP contribution >= 0.6 is 11.6 Å². The van der Waals surface area contributed by atoms with Crippen molar-refractivity contribution in [2.24, 2.45) is 0 Å². The van der Waals surface area contributed by atoms with Crippen molar-refractivity contribution in [1.82, 2.24) is 15.1 Å². The average molecular weight is 375 g/mol. The molecular formula is C18H19ClN4O3. The van der Waals surface area contributed by atoms with E-state index in [-0.39, 0.29) is 6.61 Å². The molecule has 136 valence electrons. The van der Waals surface area contributed by atoms with Crippen LogP contribution in [0.4, 0.5) is 5.82 Å². The third kappa shape index (κ3) is 4.37. The second-order valence-electron chi connectivity index (χ2n) is 5.83. The molecule has 7 nitrogen and oxygen atoms in total. The minimum atomic E-state index is -0.581. The normalized spacial score (nSPS) is 12.2. The highest BCUT2D eigenvalue weighted by molar-refractivity contribution is 6.30. The predicted molar refractivity (Wildman–Crippen MR) is 99.1 cm³/mol.